The predicted molar refractivity (Wildman–Crippen MR) is 84.0 cm³/mol. The maximum absolute atomic E-state index is 12.5. The van der Waals surface area contributed by atoms with Crippen molar-refractivity contribution in [2.45, 2.75) is 19.9 Å². The monoisotopic (exact) mass is 303 g/mol. The van der Waals surface area contributed by atoms with Crippen LogP contribution in [0.25, 0.3) is 10.9 Å². The summed E-state index contributed by atoms with van der Waals surface area (Å²) in [6.45, 7) is 2.51. The van der Waals surface area contributed by atoms with E-state index < -0.39 is 0 Å². The van der Waals surface area contributed by atoms with Crippen LogP contribution in [0, 0.1) is 4.77 Å². The van der Waals surface area contributed by atoms with Gasteiger partial charge in [-0.1, -0.05) is 19.1 Å². The molecular formula is C14H13N3OS2. The number of aromatic amines is 1. The predicted octanol–water partition coefficient (Wildman–Crippen LogP) is 3.13. The number of rotatable bonds is 3. The van der Waals surface area contributed by atoms with Crippen LogP contribution < -0.4 is 5.56 Å². The molecule has 0 unspecified atom stereocenters. The third-order valence-electron chi connectivity index (χ3n) is 3.13. The minimum Gasteiger partial charge on any atom is -0.332 e. The maximum Gasteiger partial charge on any atom is 0.262 e. The van der Waals surface area contributed by atoms with Crippen molar-refractivity contribution in [2.75, 3.05) is 0 Å². The minimum atomic E-state index is -0.0717. The highest BCUT2D eigenvalue weighted by Gasteiger charge is 2.08. The SMILES string of the molecule is CCc1cnc(Cn2c(=S)[nH]c3ccccc3c2=O)s1. The number of para-hydroxylation sites is 1. The molecule has 0 saturated carbocycles. The highest BCUT2D eigenvalue weighted by molar-refractivity contribution is 7.71. The van der Waals surface area contributed by atoms with Gasteiger partial charge in [0, 0.05) is 11.1 Å². The van der Waals surface area contributed by atoms with Gasteiger partial charge in [-0.25, -0.2) is 4.98 Å². The van der Waals surface area contributed by atoms with Gasteiger partial charge in [0.1, 0.15) is 5.01 Å². The lowest BCUT2D eigenvalue weighted by molar-refractivity contribution is 0.730. The molecule has 0 saturated heterocycles. The lowest BCUT2D eigenvalue weighted by Crippen LogP contribution is -2.22. The molecule has 1 N–H and O–H groups in total. The van der Waals surface area contributed by atoms with E-state index in [4.69, 9.17) is 12.2 Å². The van der Waals surface area contributed by atoms with Gasteiger partial charge in [-0.3, -0.25) is 9.36 Å². The smallest absolute Gasteiger partial charge is 0.262 e. The first-order valence-corrected chi connectivity index (χ1v) is 7.57. The Labute approximate surface area is 124 Å². The molecule has 1 aromatic carbocycles. The molecule has 6 heteroatoms. The van der Waals surface area contributed by atoms with Gasteiger partial charge in [-0.05, 0) is 30.8 Å². The Bertz CT molecular complexity index is 876. The van der Waals surface area contributed by atoms with Crippen LogP contribution >= 0.6 is 23.6 Å². The topological polar surface area (TPSA) is 50.7 Å². The van der Waals surface area contributed by atoms with Gasteiger partial charge < -0.3 is 4.98 Å². The van der Waals surface area contributed by atoms with Crippen LogP contribution in [0.1, 0.15) is 16.8 Å². The largest absolute Gasteiger partial charge is 0.332 e. The quantitative estimate of drug-likeness (QED) is 0.756. The number of fused-ring (bicyclic) bond motifs is 1. The maximum atomic E-state index is 12.5. The molecule has 2 aromatic heterocycles. The molecule has 4 nitrogen and oxygen atoms in total. The van der Waals surface area contributed by atoms with Crippen molar-refractivity contribution in [1.82, 2.24) is 14.5 Å². The highest BCUT2D eigenvalue weighted by atomic mass is 32.1. The number of benzene rings is 1. The molecule has 2 heterocycles. The van der Waals surface area contributed by atoms with E-state index in [1.807, 2.05) is 24.4 Å². The molecule has 3 rings (SSSR count). The number of hydrogen-bond acceptors (Lipinski definition) is 4. The third-order valence-corrected chi connectivity index (χ3v) is 4.58. The summed E-state index contributed by atoms with van der Waals surface area (Å²) in [4.78, 5) is 21.1. The summed E-state index contributed by atoms with van der Waals surface area (Å²) in [6.07, 6.45) is 2.82. The van der Waals surface area contributed by atoms with E-state index in [-0.39, 0.29) is 5.56 Å². The Morgan fingerprint density at radius 3 is 2.95 bits per heavy atom. The molecule has 0 atom stereocenters. The fourth-order valence-corrected chi connectivity index (χ4v) is 3.17. The van der Waals surface area contributed by atoms with Crippen LogP contribution in [0.15, 0.2) is 35.3 Å². The second-order valence-electron chi connectivity index (χ2n) is 4.44. The molecule has 0 aliphatic rings. The number of nitrogens with one attached hydrogen (secondary N) is 1. The molecule has 0 bridgehead atoms. The van der Waals surface area contributed by atoms with Gasteiger partial charge in [-0.2, -0.15) is 0 Å². The molecule has 0 radical (unpaired) electrons. The number of aromatic nitrogens is 3. The molecule has 3 aromatic rings. The van der Waals surface area contributed by atoms with Gasteiger partial charge in [0.2, 0.25) is 0 Å². The molecule has 0 fully saturated rings. The van der Waals surface area contributed by atoms with Crippen molar-refractivity contribution < 1.29 is 0 Å². The Morgan fingerprint density at radius 2 is 2.20 bits per heavy atom. The molecule has 0 spiro atoms. The zero-order valence-corrected chi connectivity index (χ0v) is 12.6. The number of H-pyrrole nitrogens is 1. The van der Waals surface area contributed by atoms with Crippen LogP contribution in [0.5, 0.6) is 0 Å². The van der Waals surface area contributed by atoms with E-state index in [0.717, 1.165) is 16.9 Å². The van der Waals surface area contributed by atoms with Crippen molar-refractivity contribution in [3.05, 3.63) is 55.5 Å². The number of aryl methyl sites for hydroxylation is 1. The van der Waals surface area contributed by atoms with Crippen molar-refractivity contribution >= 4 is 34.5 Å². The van der Waals surface area contributed by atoms with Gasteiger partial charge >= 0.3 is 0 Å². The fraction of sp³-hybridized carbons (Fsp3) is 0.214. The van der Waals surface area contributed by atoms with Crippen LogP contribution in [-0.4, -0.2) is 14.5 Å². The van der Waals surface area contributed by atoms with Crippen LogP contribution in [0.3, 0.4) is 0 Å². The summed E-state index contributed by atoms with van der Waals surface area (Å²) in [5, 5.41) is 1.55. The van der Waals surface area contributed by atoms with E-state index in [1.54, 1.807) is 22.0 Å². The Balaban J connectivity index is 2.11. The minimum absolute atomic E-state index is 0.0717. The van der Waals surface area contributed by atoms with Crippen molar-refractivity contribution in [3.63, 3.8) is 0 Å². The second-order valence-corrected chi connectivity index (χ2v) is 6.03. The average molecular weight is 303 g/mol. The van der Waals surface area contributed by atoms with E-state index in [1.165, 1.54) is 4.88 Å². The number of nitrogens with zero attached hydrogens (tertiary/aromatic N) is 2. The van der Waals surface area contributed by atoms with Crippen molar-refractivity contribution in [3.8, 4) is 0 Å². The van der Waals surface area contributed by atoms with Gasteiger partial charge in [0.05, 0.1) is 17.4 Å². The first-order chi connectivity index (χ1) is 9.69. The lowest BCUT2D eigenvalue weighted by Gasteiger charge is -2.06. The van der Waals surface area contributed by atoms with E-state index >= 15 is 0 Å². The molecule has 0 aliphatic carbocycles. The zero-order valence-electron chi connectivity index (χ0n) is 10.9. The van der Waals surface area contributed by atoms with Crippen molar-refractivity contribution in [2.24, 2.45) is 0 Å². The first-order valence-electron chi connectivity index (χ1n) is 6.34. The van der Waals surface area contributed by atoms with E-state index in [9.17, 15) is 4.79 Å². The van der Waals surface area contributed by atoms with E-state index in [2.05, 4.69) is 16.9 Å². The van der Waals surface area contributed by atoms with Gasteiger partial charge in [-0.15, -0.1) is 11.3 Å². The van der Waals surface area contributed by atoms with Gasteiger partial charge in [0.15, 0.2) is 4.77 Å². The summed E-state index contributed by atoms with van der Waals surface area (Å²) in [6, 6.07) is 7.39. The fourth-order valence-electron chi connectivity index (χ4n) is 2.06. The number of thiazole rings is 1. The summed E-state index contributed by atoms with van der Waals surface area (Å²) < 4.78 is 2.00. The summed E-state index contributed by atoms with van der Waals surface area (Å²) in [5.41, 5.74) is 0.699. The van der Waals surface area contributed by atoms with Crippen molar-refractivity contribution in [1.29, 1.82) is 0 Å². The summed E-state index contributed by atoms with van der Waals surface area (Å²) >= 11 is 6.91. The normalized spacial score (nSPS) is 11.1. The zero-order chi connectivity index (χ0) is 14.1. The van der Waals surface area contributed by atoms with E-state index in [0.29, 0.717) is 16.7 Å². The number of hydrogen-bond donors (Lipinski definition) is 1. The average Bonchev–Trinajstić information content (AvgIpc) is 2.91. The molecular weight excluding hydrogens is 290 g/mol. The summed E-state index contributed by atoms with van der Waals surface area (Å²) in [7, 11) is 0. The first kappa shape index (κ1) is 13.2. The van der Waals surface area contributed by atoms with Crippen LogP contribution in [-0.2, 0) is 13.0 Å². The molecule has 102 valence electrons. The van der Waals surface area contributed by atoms with Gasteiger partial charge in [0.25, 0.3) is 5.56 Å². The lowest BCUT2D eigenvalue weighted by atomic mass is 10.2. The Hall–Kier alpha value is -1.79. The van der Waals surface area contributed by atoms with Crippen LogP contribution in [0.4, 0.5) is 0 Å². The standard InChI is InChI=1S/C14H13N3OS2/c1-2-9-7-15-12(20-9)8-17-13(18)10-5-3-4-6-11(10)16-14(17)19/h3-7H,2,8H2,1H3,(H,16,19). The third kappa shape index (κ3) is 2.32. The van der Waals surface area contributed by atoms with Crippen LogP contribution in [0.2, 0.25) is 0 Å². The second kappa shape index (κ2) is 5.30. The Kier molecular flexibility index (Phi) is 3.50. The highest BCUT2D eigenvalue weighted by Crippen LogP contribution is 2.14. The molecule has 0 aliphatic heterocycles. The molecule has 0 amide bonds. The Morgan fingerprint density at radius 1 is 1.40 bits per heavy atom. The molecule has 20 heavy (non-hydrogen) atoms. The summed E-state index contributed by atoms with van der Waals surface area (Å²) in [5.74, 6) is 0.